The largest absolute Gasteiger partial charge is 0.336 e. The summed E-state index contributed by atoms with van der Waals surface area (Å²) in [5, 5.41) is 6.35. The van der Waals surface area contributed by atoms with E-state index in [1.54, 1.807) is 31.3 Å². The quantitative estimate of drug-likeness (QED) is 0.709. The van der Waals surface area contributed by atoms with Gasteiger partial charge in [0.2, 0.25) is 5.91 Å². The second-order valence-corrected chi connectivity index (χ2v) is 8.24. The zero-order valence-corrected chi connectivity index (χ0v) is 17.5. The van der Waals surface area contributed by atoms with Gasteiger partial charge in [0.15, 0.2) is 0 Å². The molecule has 2 aromatic carbocycles. The minimum atomic E-state index is -0.586. The summed E-state index contributed by atoms with van der Waals surface area (Å²) in [6.07, 6.45) is 3.13. The molecule has 30 heavy (non-hydrogen) atoms. The number of hydrogen-bond acceptors (Lipinski definition) is 3. The van der Waals surface area contributed by atoms with Gasteiger partial charge < -0.3 is 4.90 Å². The second-order valence-electron chi connectivity index (χ2n) is 7.83. The third-order valence-corrected chi connectivity index (χ3v) is 6.15. The number of hydrogen-bond donors (Lipinski definition) is 0. The summed E-state index contributed by atoms with van der Waals surface area (Å²) in [5.74, 6) is -0.757. The highest BCUT2D eigenvalue weighted by atomic mass is 35.5. The zero-order valence-electron chi connectivity index (χ0n) is 16.7. The van der Waals surface area contributed by atoms with Crippen molar-refractivity contribution in [3.05, 3.63) is 70.5 Å². The van der Waals surface area contributed by atoms with Crippen molar-refractivity contribution < 1.29 is 14.0 Å². The van der Waals surface area contributed by atoms with Crippen molar-refractivity contribution in [2.24, 2.45) is 11.0 Å². The molecular weight excluding hydrogens is 405 g/mol. The average Bonchev–Trinajstić information content (AvgIpc) is 3.12. The Morgan fingerprint density at radius 1 is 1.17 bits per heavy atom. The molecule has 1 heterocycles. The second kappa shape index (κ2) is 8.56. The standard InChI is InChI=1S/C23H23ClFN3O2/c1-27(23(30)15-7-6-8-15)14-22(29)28-21(17-10-3-5-12-19(17)25)13-20(26-28)16-9-2-4-11-18(16)24/h2-5,9-12,15,21H,6-8,13-14H2,1H3/t21-/m1/s1. The maximum atomic E-state index is 14.6. The Morgan fingerprint density at radius 2 is 1.87 bits per heavy atom. The van der Waals surface area contributed by atoms with E-state index < -0.39 is 11.9 Å². The Labute approximate surface area is 180 Å². The molecule has 1 aliphatic heterocycles. The Hall–Kier alpha value is -2.73. The Kier molecular flexibility index (Phi) is 5.86. The van der Waals surface area contributed by atoms with Gasteiger partial charge in [-0.1, -0.05) is 54.4 Å². The maximum Gasteiger partial charge on any atom is 0.262 e. The van der Waals surface area contributed by atoms with Crippen molar-refractivity contribution in [2.75, 3.05) is 13.6 Å². The lowest BCUT2D eigenvalue weighted by atomic mass is 9.84. The van der Waals surface area contributed by atoms with E-state index in [4.69, 9.17) is 11.6 Å². The summed E-state index contributed by atoms with van der Waals surface area (Å²) in [5.41, 5.74) is 1.73. The third-order valence-electron chi connectivity index (χ3n) is 5.82. The van der Waals surface area contributed by atoms with Gasteiger partial charge in [-0.3, -0.25) is 9.59 Å². The molecule has 1 atom stereocenters. The van der Waals surface area contributed by atoms with E-state index in [1.165, 1.54) is 16.0 Å². The van der Waals surface area contributed by atoms with E-state index in [1.807, 2.05) is 18.2 Å². The number of carbonyl (C=O) groups excluding carboxylic acids is 2. The molecule has 2 amide bonds. The van der Waals surface area contributed by atoms with Crippen LogP contribution in [0.2, 0.25) is 5.02 Å². The van der Waals surface area contributed by atoms with Crippen LogP contribution in [-0.2, 0) is 9.59 Å². The minimum Gasteiger partial charge on any atom is -0.336 e. The lowest BCUT2D eigenvalue weighted by Crippen LogP contribution is -2.43. The molecule has 0 unspecified atom stereocenters. The van der Waals surface area contributed by atoms with Crippen LogP contribution in [0.1, 0.15) is 42.9 Å². The van der Waals surface area contributed by atoms with Gasteiger partial charge in [-0.15, -0.1) is 0 Å². The van der Waals surface area contributed by atoms with E-state index in [2.05, 4.69) is 5.10 Å². The number of hydrazone groups is 1. The number of carbonyl (C=O) groups is 2. The van der Waals surface area contributed by atoms with E-state index in [0.717, 1.165) is 24.8 Å². The van der Waals surface area contributed by atoms with Crippen LogP contribution in [0.4, 0.5) is 4.39 Å². The first-order chi connectivity index (χ1) is 14.5. The van der Waals surface area contributed by atoms with Crippen LogP contribution >= 0.6 is 11.6 Å². The summed E-state index contributed by atoms with van der Waals surface area (Å²) in [6, 6.07) is 13.1. The minimum absolute atomic E-state index is 0.00549. The summed E-state index contributed by atoms with van der Waals surface area (Å²) in [4.78, 5) is 27.0. The van der Waals surface area contributed by atoms with Crippen LogP contribution in [0, 0.1) is 11.7 Å². The highest BCUT2D eigenvalue weighted by Gasteiger charge is 2.36. The number of halogens is 2. The lowest BCUT2D eigenvalue weighted by Gasteiger charge is -2.30. The molecule has 0 spiro atoms. The van der Waals surface area contributed by atoms with Gasteiger partial charge in [-0.2, -0.15) is 5.10 Å². The maximum absolute atomic E-state index is 14.6. The molecule has 156 valence electrons. The predicted octanol–water partition coefficient (Wildman–Crippen LogP) is 4.42. The predicted molar refractivity (Wildman–Crippen MR) is 114 cm³/mol. The van der Waals surface area contributed by atoms with Crippen molar-refractivity contribution in [2.45, 2.75) is 31.7 Å². The van der Waals surface area contributed by atoms with Gasteiger partial charge in [0, 0.05) is 35.5 Å². The summed E-state index contributed by atoms with van der Waals surface area (Å²) in [7, 11) is 1.63. The van der Waals surface area contributed by atoms with E-state index in [-0.39, 0.29) is 24.3 Å². The fourth-order valence-corrected chi connectivity index (χ4v) is 4.15. The fourth-order valence-electron chi connectivity index (χ4n) is 3.91. The Balaban J connectivity index is 1.61. The molecular formula is C23H23ClFN3O2. The van der Waals surface area contributed by atoms with Crippen LogP contribution in [-0.4, -0.2) is 41.0 Å². The smallest absolute Gasteiger partial charge is 0.262 e. The van der Waals surface area contributed by atoms with Gasteiger partial charge in [0.25, 0.3) is 5.91 Å². The topological polar surface area (TPSA) is 53.0 Å². The van der Waals surface area contributed by atoms with Crippen molar-refractivity contribution in [3.8, 4) is 0 Å². The molecule has 2 aromatic rings. The van der Waals surface area contributed by atoms with Crippen LogP contribution in [0.15, 0.2) is 53.6 Å². The monoisotopic (exact) mass is 427 g/mol. The van der Waals surface area contributed by atoms with Gasteiger partial charge >= 0.3 is 0 Å². The summed E-state index contributed by atoms with van der Waals surface area (Å²) >= 11 is 6.33. The third kappa shape index (κ3) is 3.97. The van der Waals surface area contributed by atoms with Crippen molar-refractivity contribution in [3.63, 3.8) is 0 Å². The molecule has 1 saturated carbocycles. The van der Waals surface area contributed by atoms with Crippen molar-refractivity contribution >= 4 is 29.1 Å². The number of benzene rings is 2. The molecule has 2 aliphatic rings. The van der Waals surface area contributed by atoms with E-state index in [9.17, 15) is 14.0 Å². The number of nitrogens with zero attached hydrogens (tertiary/aromatic N) is 3. The summed E-state index contributed by atoms with van der Waals surface area (Å²) < 4.78 is 14.6. The lowest BCUT2D eigenvalue weighted by molar-refractivity contribution is -0.144. The van der Waals surface area contributed by atoms with Crippen LogP contribution in [0.25, 0.3) is 0 Å². The zero-order chi connectivity index (χ0) is 21.3. The molecule has 0 saturated heterocycles. The Morgan fingerprint density at radius 3 is 2.53 bits per heavy atom. The normalized spacial score (nSPS) is 18.7. The van der Waals surface area contributed by atoms with Gasteiger partial charge in [-0.05, 0) is 25.0 Å². The van der Waals surface area contributed by atoms with Crippen LogP contribution in [0.3, 0.4) is 0 Å². The molecule has 4 rings (SSSR count). The first kappa shape index (κ1) is 20.5. The van der Waals surface area contributed by atoms with E-state index >= 15 is 0 Å². The van der Waals surface area contributed by atoms with Crippen molar-refractivity contribution in [1.29, 1.82) is 0 Å². The van der Waals surface area contributed by atoms with Crippen molar-refractivity contribution in [1.82, 2.24) is 9.91 Å². The number of likely N-dealkylation sites (N-methyl/N-ethyl adjacent to an activating group) is 1. The molecule has 0 bridgehead atoms. The highest BCUT2D eigenvalue weighted by molar-refractivity contribution is 6.34. The molecule has 1 fully saturated rings. The van der Waals surface area contributed by atoms with Crippen LogP contribution in [0.5, 0.6) is 0 Å². The molecule has 5 nitrogen and oxygen atoms in total. The highest BCUT2D eigenvalue weighted by Crippen LogP contribution is 2.35. The average molecular weight is 428 g/mol. The first-order valence-corrected chi connectivity index (χ1v) is 10.5. The molecule has 0 radical (unpaired) electrons. The molecule has 7 heteroatoms. The van der Waals surface area contributed by atoms with Crippen LogP contribution < -0.4 is 0 Å². The molecule has 0 aromatic heterocycles. The van der Waals surface area contributed by atoms with Gasteiger partial charge in [0.05, 0.1) is 11.8 Å². The number of amides is 2. The molecule has 1 aliphatic carbocycles. The van der Waals surface area contributed by atoms with Gasteiger partial charge in [-0.25, -0.2) is 9.40 Å². The fraction of sp³-hybridized carbons (Fsp3) is 0.348. The summed E-state index contributed by atoms with van der Waals surface area (Å²) in [6.45, 7) is -0.0976. The van der Waals surface area contributed by atoms with Gasteiger partial charge in [0.1, 0.15) is 12.4 Å². The Bertz CT molecular complexity index is 1010. The molecule has 0 N–H and O–H groups in total. The van der Waals surface area contributed by atoms with E-state index in [0.29, 0.717) is 22.7 Å². The number of rotatable bonds is 5. The first-order valence-electron chi connectivity index (χ1n) is 10.1. The SMILES string of the molecule is CN(CC(=O)N1N=C(c2ccccc2Cl)C[C@@H]1c1ccccc1F)C(=O)C1CCC1.